The van der Waals surface area contributed by atoms with Gasteiger partial charge in [0.15, 0.2) is 0 Å². The number of fused-ring (bicyclic) bond motifs is 3. The largest absolute Gasteiger partial charge is 0.0619 e. The third-order valence-electron chi connectivity index (χ3n) is 5.77. The van der Waals surface area contributed by atoms with Crippen LogP contribution in [0, 0.1) is 11.8 Å². The molecule has 0 aliphatic heterocycles. The van der Waals surface area contributed by atoms with Gasteiger partial charge >= 0.3 is 0 Å². The fourth-order valence-electron chi connectivity index (χ4n) is 4.27. The van der Waals surface area contributed by atoms with Crippen LogP contribution in [0.15, 0.2) is 42.5 Å². The first-order valence-corrected chi connectivity index (χ1v) is 8.68. The second-order valence-electron chi connectivity index (χ2n) is 8.39. The summed E-state index contributed by atoms with van der Waals surface area (Å²) in [7, 11) is 0. The van der Waals surface area contributed by atoms with Crippen molar-refractivity contribution in [2.75, 3.05) is 0 Å². The molecule has 0 aromatic heterocycles. The van der Waals surface area contributed by atoms with E-state index >= 15 is 0 Å². The van der Waals surface area contributed by atoms with Gasteiger partial charge in [0.05, 0.1) is 0 Å². The van der Waals surface area contributed by atoms with Crippen LogP contribution in [-0.4, -0.2) is 0 Å². The maximum Gasteiger partial charge on any atom is -0.0125 e. The fourth-order valence-corrected chi connectivity index (χ4v) is 4.27. The van der Waals surface area contributed by atoms with Crippen LogP contribution in [0.2, 0.25) is 0 Å². The maximum atomic E-state index is 2.44. The minimum absolute atomic E-state index is 0.227. The van der Waals surface area contributed by atoms with Crippen molar-refractivity contribution in [2.24, 2.45) is 11.8 Å². The molecule has 0 heteroatoms. The molecule has 0 N–H and O–H groups in total. The van der Waals surface area contributed by atoms with E-state index in [-0.39, 0.29) is 5.41 Å². The van der Waals surface area contributed by atoms with Crippen LogP contribution < -0.4 is 0 Å². The molecule has 0 amide bonds. The van der Waals surface area contributed by atoms with Crippen molar-refractivity contribution in [1.82, 2.24) is 0 Å². The molecule has 1 fully saturated rings. The highest BCUT2D eigenvalue weighted by Crippen LogP contribution is 2.58. The predicted molar refractivity (Wildman–Crippen MR) is 94.3 cm³/mol. The molecule has 0 bridgehead atoms. The summed E-state index contributed by atoms with van der Waals surface area (Å²) in [4.78, 5) is 0. The Morgan fingerprint density at radius 3 is 2.36 bits per heavy atom. The topological polar surface area (TPSA) is 0 Å². The molecular formula is C22H26. The van der Waals surface area contributed by atoms with Crippen LogP contribution in [0.5, 0.6) is 0 Å². The zero-order chi connectivity index (χ0) is 15.5. The molecule has 0 saturated heterocycles. The number of rotatable bonds is 1. The van der Waals surface area contributed by atoms with Crippen molar-refractivity contribution in [3.8, 4) is 11.1 Å². The molecule has 3 unspecified atom stereocenters. The molecule has 0 spiro atoms. The predicted octanol–water partition coefficient (Wildman–Crippen LogP) is 5.95. The Balaban J connectivity index is 1.76. The van der Waals surface area contributed by atoms with Crippen LogP contribution in [-0.2, 0) is 11.8 Å². The van der Waals surface area contributed by atoms with Gasteiger partial charge < -0.3 is 0 Å². The number of benzene rings is 2. The van der Waals surface area contributed by atoms with Gasteiger partial charge in [0.1, 0.15) is 0 Å². The Labute approximate surface area is 134 Å². The Morgan fingerprint density at radius 1 is 0.955 bits per heavy atom. The molecule has 0 radical (unpaired) electrons. The van der Waals surface area contributed by atoms with Gasteiger partial charge in [0.25, 0.3) is 0 Å². The Hall–Kier alpha value is -1.56. The van der Waals surface area contributed by atoms with Gasteiger partial charge in [-0.05, 0) is 63.8 Å². The van der Waals surface area contributed by atoms with Crippen molar-refractivity contribution < 1.29 is 0 Å². The first-order valence-electron chi connectivity index (χ1n) is 8.68. The van der Waals surface area contributed by atoms with Gasteiger partial charge in [-0.2, -0.15) is 0 Å². The molecule has 2 aromatic carbocycles. The summed E-state index contributed by atoms with van der Waals surface area (Å²) in [5, 5.41) is 0. The molecule has 4 rings (SSSR count). The molecule has 0 nitrogen and oxygen atoms in total. The number of hydrogen-bond donors (Lipinski definition) is 0. The average Bonchev–Trinajstić information content (AvgIpc) is 3.27. The minimum atomic E-state index is 0.227. The van der Waals surface area contributed by atoms with E-state index in [1.807, 2.05) is 0 Å². The summed E-state index contributed by atoms with van der Waals surface area (Å²) in [6.07, 6.45) is 2.67. The summed E-state index contributed by atoms with van der Waals surface area (Å²) < 4.78 is 0. The smallest absolute Gasteiger partial charge is 0.0125 e. The molecule has 2 aliphatic rings. The number of hydrogen-bond acceptors (Lipinski definition) is 0. The van der Waals surface area contributed by atoms with Gasteiger partial charge in [-0.1, -0.05) is 70.2 Å². The molecule has 22 heavy (non-hydrogen) atoms. The van der Waals surface area contributed by atoms with E-state index in [1.165, 1.54) is 29.5 Å². The van der Waals surface area contributed by atoms with Gasteiger partial charge in [0, 0.05) is 0 Å². The highest BCUT2D eigenvalue weighted by molar-refractivity contribution is 5.70. The third-order valence-corrected chi connectivity index (χ3v) is 5.77. The molecule has 2 aliphatic carbocycles. The van der Waals surface area contributed by atoms with E-state index in [0.717, 1.165) is 17.8 Å². The second kappa shape index (κ2) is 4.72. The van der Waals surface area contributed by atoms with E-state index in [0.29, 0.717) is 0 Å². The summed E-state index contributed by atoms with van der Waals surface area (Å²) in [5.41, 5.74) is 7.76. The molecule has 114 valence electrons. The van der Waals surface area contributed by atoms with Crippen LogP contribution in [0.4, 0.5) is 0 Å². The summed E-state index contributed by atoms with van der Waals surface area (Å²) in [6, 6.07) is 16.2. The summed E-state index contributed by atoms with van der Waals surface area (Å²) in [6.45, 7) is 9.27. The van der Waals surface area contributed by atoms with E-state index in [9.17, 15) is 0 Å². The third kappa shape index (κ3) is 2.20. The molecule has 0 heterocycles. The minimum Gasteiger partial charge on any atom is -0.0619 e. The highest BCUT2D eigenvalue weighted by atomic mass is 14.5. The van der Waals surface area contributed by atoms with Crippen LogP contribution in [0.1, 0.15) is 56.7 Å². The molecule has 3 atom stereocenters. The van der Waals surface area contributed by atoms with E-state index in [1.54, 1.807) is 11.1 Å². The van der Waals surface area contributed by atoms with E-state index in [4.69, 9.17) is 0 Å². The highest BCUT2D eigenvalue weighted by Gasteiger charge is 2.46. The standard InChI is InChI=1S/C22H26/c1-14-12-20-17(6-5-7-18(20)21-13-19(14)21)15-8-10-16(11-9-15)22(2,3)4/h5-11,14,19,21H,12-13H2,1-4H3. The molecular weight excluding hydrogens is 264 g/mol. The molecule has 2 aromatic rings. The Kier molecular flexibility index (Phi) is 3.01. The first kappa shape index (κ1) is 14.1. The van der Waals surface area contributed by atoms with Crippen molar-refractivity contribution >= 4 is 0 Å². The zero-order valence-electron chi connectivity index (χ0n) is 14.2. The lowest BCUT2D eigenvalue weighted by atomic mass is 9.80. The summed E-state index contributed by atoms with van der Waals surface area (Å²) >= 11 is 0. The van der Waals surface area contributed by atoms with Crippen molar-refractivity contribution in [1.29, 1.82) is 0 Å². The van der Waals surface area contributed by atoms with Crippen LogP contribution in [0.3, 0.4) is 0 Å². The van der Waals surface area contributed by atoms with Crippen molar-refractivity contribution in [3.63, 3.8) is 0 Å². The fraction of sp³-hybridized carbons (Fsp3) is 0.455. The van der Waals surface area contributed by atoms with Crippen molar-refractivity contribution in [2.45, 2.75) is 51.9 Å². The van der Waals surface area contributed by atoms with Gasteiger partial charge in [-0.3, -0.25) is 0 Å². The van der Waals surface area contributed by atoms with Crippen molar-refractivity contribution in [3.05, 3.63) is 59.2 Å². The lowest BCUT2D eigenvalue weighted by molar-refractivity contribution is 0.475. The quantitative estimate of drug-likeness (QED) is 0.609. The monoisotopic (exact) mass is 290 g/mol. The maximum absolute atomic E-state index is 2.44. The SMILES string of the molecule is CC1Cc2c(-c3ccc(C(C)(C)C)cc3)cccc2C2CC12. The normalized spacial score (nSPS) is 26.3. The molecule has 1 saturated carbocycles. The lowest BCUT2D eigenvalue weighted by Gasteiger charge is -2.24. The second-order valence-corrected chi connectivity index (χ2v) is 8.39. The Bertz CT molecular complexity index is 700. The summed E-state index contributed by atoms with van der Waals surface area (Å²) in [5.74, 6) is 2.67. The van der Waals surface area contributed by atoms with E-state index < -0.39 is 0 Å². The van der Waals surface area contributed by atoms with Gasteiger partial charge in [-0.25, -0.2) is 0 Å². The van der Waals surface area contributed by atoms with Crippen LogP contribution in [0.25, 0.3) is 11.1 Å². The van der Waals surface area contributed by atoms with E-state index in [2.05, 4.69) is 70.2 Å². The zero-order valence-corrected chi connectivity index (χ0v) is 14.2. The van der Waals surface area contributed by atoms with Crippen LogP contribution >= 0.6 is 0 Å². The van der Waals surface area contributed by atoms with Gasteiger partial charge in [0.2, 0.25) is 0 Å². The lowest BCUT2D eigenvalue weighted by Crippen LogP contribution is -2.13. The Morgan fingerprint density at radius 2 is 1.68 bits per heavy atom. The van der Waals surface area contributed by atoms with Gasteiger partial charge in [-0.15, -0.1) is 0 Å². The first-order chi connectivity index (χ1) is 10.4. The average molecular weight is 290 g/mol.